The van der Waals surface area contributed by atoms with Crippen LogP contribution in [-0.2, 0) is 4.79 Å². The third kappa shape index (κ3) is 5.04. The Morgan fingerprint density at radius 3 is 2.07 bits per heavy atom. The predicted molar refractivity (Wildman–Crippen MR) is 116 cm³/mol. The molecule has 2 aromatic carbocycles. The smallest absolute Gasteiger partial charge is 0.263 e. The minimum atomic E-state index is -0.231. The first-order valence-electron chi connectivity index (χ1n) is 9.77. The molecule has 29 heavy (non-hydrogen) atoms. The molecule has 0 bridgehead atoms. The van der Waals surface area contributed by atoms with Crippen LogP contribution < -0.4 is 19.9 Å². The first-order valence-corrected chi connectivity index (χ1v) is 9.77. The molecule has 0 aliphatic carbocycles. The van der Waals surface area contributed by atoms with Gasteiger partial charge in [0, 0.05) is 31.9 Å². The van der Waals surface area contributed by atoms with Gasteiger partial charge in [-0.3, -0.25) is 4.79 Å². The molecule has 6 heteroatoms. The molecule has 1 aliphatic heterocycles. The van der Waals surface area contributed by atoms with Crippen molar-refractivity contribution in [2.75, 3.05) is 47.9 Å². The van der Waals surface area contributed by atoms with Gasteiger partial charge in [-0.25, -0.2) is 4.98 Å². The van der Waals surface area contributed by atoms with Crippen molar-refractivity contribution in [3.8, 4) is 5.75 Å². The van der Waals surface area contributed by atoms with Crippen LogP contribution in [0.5, 0.6) is 5.75 Å². The number of hydrogen-bond donors (Lipinski definition) is 1. The molecule has 3 aromatic rings. The average Bonchev–Trinajstić information content (AvgIpc) is 2.80. The lowest BCUT2D eigenvalue weighted by Crippen LogP contribution is -2.46. The topological polar surface area (TPSA) is 57.7 Å². The minimum absolute atomic E-state index is 0.0467. The van der Waals surface area contributed by atoms with E-state index in [9.17, 15) is 4.79 Å². The van der Waals surface area contributed by atoms with Crippen LogP contribution in [0.4, 0.5) is 17.2 Å². The van der Waals surface area contributed by atoms with Gasteiger partial charge in [-0.05, 0) is 36.4 Å². The van der Waals surface area contributed by atoms with Crippen molar-refractivity contribution in [2.24, 2.45) is 0 Å². The number of benzene rings is 2. The zero-order chi connectivity index (χ0) is 19.9. The van der Waals surface area contributed by atoms with Gasteiger partial charge in [0.1, 0.15) is 11.6 Å². The predicted octanol–water partition coefficient (Wildman–Crippen LogP) is 3.43. The monoisotopic (exact) mass is 388 g/mol. The Morgan fingerprint density at radius 1 is 0.828 bits per heavy atom. The number of ether oxygens (including phenoxy) is 1. The van der Waals surface area contributed by atoms with Crippen LogP contribution in [0.3, 0.4) is 0 Å². The van der Waals surface area contributed by atoms with E-state index in [0.29, 0.717) is 11.6 Å². The van der Waals surface area contributed by atoms with Crippen LogP contribution in [0.15, 0.2) is 79.0 Å². The van der Waals surface area contributed by atoms with E-state index in [2.05, 4.69) is 44.4 Å². The summed E-state index contributed by atoms with van der Waals surface area (Å²) in [7, 11) is 0. The number of anilines is 3. The number of carbonyl (C=O) groups excluding carboxylic acids is 1. The SMILES string of the molecule is O=C(COc1ccccc1)Nc1ccc(N2CCN(c3ccccc3)CC2)cn1. The van der Waals surface area contributed by atoms with Crippen molar-refractivity contribution in [2.45, 2.75) is 0 Å². The molecule has 0 saturated carbocycles. The number of para-hydroxylation sites is 2. The minimum Gasteiger partial charge on any atom is -0.484 e. The number of piperazine rings is 1. The van der Waals surface area contributed by atoms with Crippen molar-refractivity contribution in [3.63, 3.8) is 0 Å². The highest BCUT2D eigenvalue weighted by atomic mass is 16.5. The molecule has 0 unspecified atom stereocenters. The molecule has 0 atom stereocenters. The number of rotatable bonds is 6. The zero-order valence-corrected chi connectivity index (χ0v) is 16.2. The van der Waals surface area contributed by atoms with Crippen LogP contribution in [0.25, 0.3) is 0 Å². The lowest BCUT2D eigenvalue weighted by Gasteiger charge is -2.37. The summed E-state index contributed by atoms with van der Waals surface area (Å²) in [4.78, 5) is 21.1. The van der Waals surface area contributed by atoms with E-state index < -0.39 is 0 Å². The second-order valence-corrected chi connectivity index (χ2v) is 6.86. The molecule has 148 valence electrons. The summed E-state index contributed by atoms with van der Waals surface area (Å²) in [6.07, 6.45) is 1.81. The molecule has 4 rings (SSSR count). The highest BCUT2D eigenvalue weighted by Gasteiger charge is 2.17. The Bertz CT molecular complexity index is 909. The van der Waals surface area contributed by atoms with E-state index in [1.165, 1.54) is 5.69 Å². The number of pyridine rings is 1. The van der Waals surface area contributed by atoms with Crippen LogP contribution in [0.2, 0.25) is 0 Å². The molecule has 1 aliphatic rings. The van der Waals surface area contributed by atoms with Gasteiger partial charge in [-0.2, -0.15) is 0 Å². The fraction of sp³-hybridized carbons (Fsp3) is 0.217. The van der Waals surface area contributed by atoms with E-state index >= 15 is 0 Å². The highest BCUT2D eigenvalue weighted by Crippen LogP contribution is 2.20. The van der Waals surface area contributed by atoms with Crippen LogP contribution >= 0.6 is 0 Å². The Balaban J connectivity index is 1.26. The number of nitrogens with one attached hydrogen (secondary N) is 1. The van der Waals surface area contributed by atoms with Gasteiger partial charge in [0.15, 0.2) is 6.61 Å². The van der Waals surface area contributed by atoms with Crippen molar-refractivity contribution >= 4 is 23.1 Å². The number of hydrogen-bond acceptors (Lipinski definition) is 5. The zero-order valence-electron chi connectivity index (χ0n) is 16.2. The molecule has 2 heterocycles. The van der Waals surface area contributed by atoms with Crippen molar-refractivity contribution < 1.29 is 9.53 Å². The molecule has 1 N–H and O–H groups in total. The molecule has 1 saturated heterocycles. The Hall–Kier alpha value is -3.54. The second-order valence-electron chi connectivity index (χ2n) is 6.86. The second kappa shape index (κ2) is 9.10. The van der Waals surface area contributed by atoms with Crippen LogP contribution in [-0.4, -0.2) is 43.7 Å². The third-order valence-corrected chi connectivity index (χ3v) is 4.89. The summed E-state index contributed by atoms with van der Waals surface area (Å²) in [5, 5.41) is 2.77. The molecular formula is C23H24N4O2. The fourth-order valence-corrected chi connectivity index (χ4v) is 3.35. The van der Waals surface area contributed by atoms with Gasteiger partial charge in [-0.1, -0.05) is 36.4 Å². The summed E-state index contributed by atoms with van der Waals surface area (Å²) in [5.74, 6) is 0.963. The van der Waals surface area contributed by atoms with Crippen molar-refractivity contribution in [1.29, 1.82) is 0 Å². The Labute approximate surface area is 170 Å². The lowest BCUT2D eigenvalue weighted by atomic mass is 10.2. The van der Waals surface area contributed by atoms with Crippen molar-refractivity contribution in [1.82, 2.24) is 4.98 Å². The summed E-state index contributed by atoms with van der Waals surface area (Å²) < 4.78 is 5.45. The lowest BCUT2D eigenvalue weighted by molar-refractivity contribution is -0.118. The maximum Gasteiger partial charge on any atom is 0.263 e. The maximum atomic E-state index is 12.1. The van der Waals surface area contributed by atoms with Gasteiger partial charge in [0.05, 0.1) is 11.9 Å². The number of carbonyl (C=O) groups is 1. The fourth-order valence-electron chi connectivity index (χ4n) is 3.35. The normalized spacial score (nSPS) is 13.8. The molecule has 1 fully saturated rings. The number of nitrogens with zero attached hydrogens (tertiary/aromatic N) is 3. The third-order valence-electron chi connectivity index (χ3n) is 4.89. The van der Waals surface area contributed by atoms with E-state index in [4.69, 9.17) is 4.74 Å². The van der Waals surface area contributed by atoms with E-state index in [1.807, 2.05) is 54.7 Å². The molecule has 0 radical (unpaired) electrons. The molecular weight excluding hydrogens is 364 g/mol. The quantitative estimate of drug-likeness (QED) is 0.701. The summed E-state index contributed by atoms with van der Waals surface area (Å²) >= 11 is 0. The van der Waals surface area contributed by atoms with Gasteiger partial charge in [0.25, 0.3) is 5.91 Å². The highest BCUT2D eigenvalue weighted by molar-refractivity contribution is 5.91. The molecule has 1 aromatic heterocycles. The summed E-state index contributed by atoms with van der Waals surface area (Å²) in [6, 6.07) is 23.6. The largest absolute Gasteiger partial charge is 0.484 e. The molecule has 1 amide bonds. The number of aromatic nitrogens is 1. The van der Waals surface area contributed by atoms with E-state index in [0.717, 1.165) is 31.9 Å². The number of amides is 1. The van der Waals surface area contributed by atoms with Crippen LogP contribution in [0.1, 0.15) is 0 Å². The van der Waals surface area contributed by atoms with E-state index in [1.54, 1.807) is 0 Å². The standard InChI is InChI=1S/C23H24N4O2/c28-23(18-29-21-9-5-2-6-10-21)25-22-12-11-20(17-24-22)27-15-13-26(14-16-27)19-7-3-1-4-8-19/h1-12,17H,13-16,18H2,(H,24,25,28). The van der Waals surface area contributed by atoms with Gasteiger partial charge in [-0.15, -0.1) is 0 Å². The van der Waals surface area contributed by atoms with Gasteiger partial charge < -0.3 is 19.9 Å². The first kappa shape index (κ1) is 18.8. The van der Waals surface area contributed by atoms with Gasteiger partial charge in [0.2, 0.25) is 0 Å². The van der Waals surface area contributed by atoms with Crippen molar-refractivity contribution in [3.05, 3.63) is 79.0 Å². The van der Waals surface area contributed by atoms with E-state index in [-0.39, 0.29) is 12.5 Å². The maximum absolute atomic E-state index is 12.1. The average molecular weight is 388 g/mol. The Kier molecular flexibility index (Phi) is 5.90. The van der Waals surface area contributed by atoms with Crippen LogP contribution in [0, 0.1) is 0 Å². The molecule has 6 nitrogen and oxygen atoms in total. The molecule has 0 spiro atoms. The Morgan fingerprint density at radius 2 is 1.45 bits per heavy atom. The summed E-state index contributed by atoms with van der Waals surface area (Å²) in [6.45, 7) is 3.77. The first-order chi connectivity index (χ1) is 14.3. The summed E-state index contributed by atoms with van der Waals surface area (Å²) in [5.41, 5.74) is 2.33. The van der Waals surface area contributed by atoms with Gasteiger partial charge >= 0.3 is 0 Å².